The van der Waals surface area contributed by atoms with Gasteiger partial charge in [-0.05, 0) is 0 Å². The number of carbonyl (C=O) groups is 1. The second-order valence-electron chi connectivity index (χ2n) is 4.30. The predicted molar refractivity (Wildman–Crippen MR) is 67.6 cm³/mol. The Morgan fingerprint density at radius 2 is 2.11 bits per heavy atom. The van der Waals surface area contributed by atoms with Gasteiger partial charge in [0, 0.05) is 0 Å². The number of carboxylic acid groups (broad SMARTS) is 1. The van der Waals surface area contributed by atoms with E-state index in [4.69, 9.17) is 10.6 Å². The fraction of sp³-hybridized carbons (Fsp3) is 0.900. The quantitative estimate of drug-likeness (QED) is 0.210. The monoisotopic (exact) mass is 254 g/mol. The van der Waals surface area contributed by atoms with Gasteiger partial charge in [-0.3, -0.25) is 0 Å². The second-order valence-corrected chi connectivity index (χ2v) is 4.30. The molecule has 2 unspecified atom stereocenters. The molecule has 0 heterocycles. The molecule has 8 heteroatoms. The number of hydrogen-bond donors (Lipinski definition) is 1. The van der Waals surface area contributed by atoms with Crippen LogP contribution >= 0.6 is 0 Å². The Morgan fingerprint density at radius 3 is 2.61 bits per heavy atom. The van der Waals surface area contributed by atoms with Gasteiger partial charge in [0.05, 0.1) is 0 Å². The van der Waals surface area contributed by atoms with Crippen molar-refractivity contribution in [1.82, 2.24) is 4.90 Å². The molecule has 100 valence electrons. The van der Waals surface area contributed by atoms with Crippen molar-refractivity contribution in [3.05, 3.63) is 10.4 Å². The molecule has 0 aliphatic heterocycles. The molecule has 0 amide bonds. The van der Waals surface area contributed by atoms with E-state index in [2.05, 4.69) is 10.0 Å². The number of rotatable bonds is 10. The van der Waals surface area contributed by atoms with Crippen LogP contribution in [0.1, 0.15) is 32.6 Å². The predicted octanol–water partition coefficient (Wildman–Crippen LogP) is 1.64. The molecule has 0 aliphatic carbocycles. The van der Waals surface area contributed by atoms with E-state index in [1.165, 1.54) is 0 Å². The van der Waals surface area contributed by atoms with Gasteiger partial charge in [0.1, 0.15) is 0 Å². The van der Waals surface area contributed by atoms with Crippen LogP contribution in [0.4, 0.5) is 0 Å². The normalized spacial score (nSPS) is 13.5. The van der Waals surface area contributed by atoms with Gasteiger partial charge in [-0.25, -0.2) is 0 Å². The van der Waals surface area contributed by atoms with E-state index in [-0.39, 0.29) is 6.04 Å². The molecule has 2 atom stereocenters. The first-order chi connectivity index (χ1) is 8.52. The van der Waals surface area contributed by atoms with Crippen LogP contribution in [0.15, 0.2) is 5.11 Å². The number of aliphatic carboxylic acids is 1. The van der Waals surface area contributed by atoms with Crippen molar-refractivity contribution in [3.63, 3.8) is 0 Å². The number of carboxylic acids is 1. The van der Waals surface area contributed by atoms with E-state index in [0.29, 0.717) is 19.3 Å². The molecule has 0 aromatic heterocycles. The van der Waals surface area contributed by atoms with E-state index < -0.39 is 12.0 Å². The van der Waals surface area contributed by atoms with E-state index in [1.807, 2.05) is 18.9 Å². The van der Waals surface area contributed by atoms with Gasteiger partial charge in [0.25, 0.3) is 0 Å². The molecule has 18 heavy (non-hydrogen) atoms. The average Bonchev–Trinajstić information content (AvgIpc) is 2.32. The number of unbranched alkanes of at least 4 members (excludes halogenated alkanes) is 1. The summed E-state index contributed by atoms with van der Waals surface area (Å²) in [6.07, 6.45) is 3.17. The van der Waals surface area contributed by atoms with Crippen LogP contribution in [0, 0.1) is 0 Å². The first kappa shape index (κ1) is 16.6. The molecule has 1 N–H and O–H groups in total. The zero-order valence-electron chi connectivity index (χ0n) is 10.8. The van der Waals surface area contributed by atoms with Crippen LogP contribution in [0.2, 0.25) is 0 Å². The Hall–Kier alpha value is -1.40. The fourth-order valence-electron chi connectivity index (χ4n) is 1.59. The van der Waals surface area contributed by atoms with Crippen molar-refractivity contribution in [2.45, 2.75) is 44.7 Å². The molecule has 0 aliphatic rings. The van der Waals surface area contributed by atoms with E-state index >= 15 is 0 Å². The van der Waals surface area contributed by atoms with Crippen LogP contribution in [0.3, 0.4) is 0 Å². The summed E-state index contributed by atoms with van der Waals surface area (Å²) in [6, 6.07) is -0.698. The third kappa shape index (κ3) is 7.03. The van der Waals surface area contributed by atoms with Crippen LogP contribution in [0.25, 0.3) is 10.4 Å². The standard InChI is InChI=1S/C10H19BN4O3/c1-8(15(2)7-11-18)5-3-4-6-9(10(16)17)13-14-12/h8-9H,3-7H2,1-2H3,(H,16,17). The molecule has 0 spiro atoms. The van der Waals surface area contributed by atoms with Gasteiger partial charge in [0.2, 0.25) is 0 Å². The maximum absolute atomic E-state index is 10.7. The third-order valence-electron chi connectivity index (χ3n) is 2.94. The van der Waals surface area contributed by atoms with Crippen molar-refractivity contribution in [1.29, 1.82) is 0 Å². The topological polar surface area (TPSA) is 106 Å². The van der Waals surface area contributed by atoms with Gasteiger partial charge in [0.15, 0.2) is 0 Å². The summed E-state index contributed by atoms with van der Waals surface area (Å²) in [5.74, 6) is -1.08. The summed E-state index contributed by atoms with van der Waals surface area (Å²) < 4.78 is 10.3. The second kappa shape index (κ2) is 9.62. The number of nitrogens with zero attached hydrogens (tertiary/aromatic N) is 4. The molecule has 0 fully saturated rings. The summed E-state index contributed by atoms with van der Waals surface area (Å²) in [7, 11) is 2.73. The first-order valence-corrected chi connectivity index (χ1v) is 5.93. The molecule has 7 nitrogen and oxygen atoms in total. The third-order valence-corrected chi connectivity index (χ3v) is 2.94. The maximum atomic E-state index is 10.7. The Morgan fingerprint density at radius 1 is 1.50 bits per heavy atom. The molecular formula is C10H19BN4O3. The number of hydrogen-bond acceptors (Lipinski definition) is 4. The van der Waals surface area contributed by atoms with Crippen molar-refractivity contribution >= 4 is 13.1 Å². The summed E-state index contributed by atoms with van der Waals surface area (Å²) >= 11 is 0. The Balaban J connectivity index is 3.87. The van der Waals surface area contributed by atoms with Crippen LogP contribution in [0.5, 0.6) is 0 Å². The zero-order valence-corrected chi connectivity index (χ0v) is 10.8. The summed E-state index contributed by atoms with van der Waals surface area (Å²) in [6.45, 7) is 2.02. The molecule has 0 radical (unpaired) electrons. The van der Waals surface area contributed by atoms with Crippen molar-refractivity contribution in [3.8, 4) is 0 Å². The van der Waals surface area contributed by atoms with Gasteiger partial charge in [-0.15, -0.1) is 0 Å². The fourth-order valence-corrected chi connectivity index (χ4v) is 1.59. The van der Waals surface area contributed by atoms with Crippen LogP contribution < -0.4 is 0 Å². The minimum atomic E-state index is -1.08. The van der Waals surface area contributed by atoms with Gasteiger partial charge >= 0.3 is 106 Å². The summed E-state index contributed by atoms with van der Waals surface area (Å²) in [5, 5.41) is 12.0. The van der Waals surface area contributed by atoms with Crippen molar-refractivity contribution < 1.29 is 14.6 Å². The molecular weight excluding hydrogens is 235 g/mol. The average molecular weight is 254 g/mol. The molecule has 0 rings (SSSR count). The molecule has 0 aromatic rings. The van der Waals surface area contributed by atoms with Crippen molar-refractivity contribution in [2.75, 3.05) is 13.5 Å². The Labute approximate surface area is 107 Å². The van der Waals surface area contributed by atoms with Crippen LogP contribution in [-0.4, -0.2) is 48.7 Å². The molecule has 0 bridgehead atoms. The summed E-state index contributed by atoms with van der Waals surface area (Å²) in [5.41, 5.74) is 8.22. The van der Waals surface area contributed by atoms with Crippen molar-refractivity contribution in [2.24, 2.45) is 5.11 Å². The Kier molecular flexibility index (Phi) is 8.87. The van der Waals surface area contributed by atoms with E-state index in [9.17, 15) is 9.50 Å². The van der Waals surface area contributed by atoms with Crippen LogP contribution in [-0.2, 0) is 9.50 Å². The van der Waals surface area contributed by atoms with Gasteiger partial charge in [-0.2, -0.15) is 0 Å². The SMILES string of the molecule is CC(CCCCC(N=[N+]=[N-])C(=O)O)N(C)CB=O. The van der Waals surface area contributed by atoms with Gasteiger partial charge in [-0.1, -0.05) is 0 Å². The van der Waals surface area contributed by atoms with E-state index in [1.54, 1.807) is 0 Å². The molecule has 0 aromatic carbocycles. The summed E-state index contributed by atoms with van der Waals surface area (Å²) in [4.78, 5) is 15.2. The number of azide groups is 1. The molecule has 0 saturated heterocycles. The minimum absolute atomic E-state index is 0.276. The van der Waals surface area contributed by atoms with E-state index in [0.717, 1.165) is 20.0 Å². The van der Waals surface area contributed by atoms with Gasteiger partial charge < -0.3 is 0 Å². The zero-order chi connectivity index (χ0) is 14.0. The first-order valence-electron chi connectivity index (χ1n) is 5.93. The Bertz CT molecular complexity index is 318. The molecule has 0 saturated carbocycles.